The van der Waals surface area contributed by atoms with Crippen LogP contribution in [0.3, 0.4) is 0 Å². The normalized spacial score (nSPS) is 15.9. The van der Waals surface area contributed by atoms with Gasteiger partial charge in [0.15, 0.2) is 0 Å². The summed E-state index contributed by atoms with van der Waals surface area (Å²) in [6, 6.07) is 21.8. The van der Waals surface area contributed by atoms with Crippen LogP contribution < -0.4 is 20.3 Å². The van der Waals surface area contributed by atoms with E-state index in [1.807, 2.05) is 12.1 Å². The van der Waals surface area contributed by atoms with Crippen LogP contribution in [0.15, 0.2) is 85.1 Å². The molecular formula is C36H38F3N5O3. The predicted molar refractivity (Wildman–Crippen MR) is 176 cm³/mol. The number of likely N-dealkylation sites (tertiary alicyclic amines) is 1. The molecule has 0 spiro atoms. The molecule has 2 aliphatic rings. The number of amides is 2. The number of hydrogen-bond acceptors (Lipinski definition) is 5. The molecule has 6 rings (SSSR count). The Bertz CT molecular complexity index is 1690. The lowest BCUT2D eigenvalue weighted by Gasteiger charge is -2.37. The Hall–Kier alpha value is -4.77. The highest BCUT2D eigenvalue weighted by Gasteiger charge is 2.30. The van der Waals surface area contributed by atoms with Gasteiger partial charge in [0.25, 0.3) is 5.91 Å². The van der Waals surface area contributed by atoms with E-state index in [2.05, 4.69) is 32.6 Å². The van der Waals surface area contributed by atoms with E-state index < -0.39 is 23.7 Å². The molecule has 2 N–H and O–H groups in total. The summed E-state index contributed by atoms with van der Waals surface area (Å²) in [6.07, 6.45) is 1.55. The van der Waals surface area contributed by atoms with E-state index in [1.54, 1.807) is 42.1 Å². The van der Waals surface area contributed by atoms with Crippen molar-refractivity contribution in [2.45, 2.75) is 44.4 Å². The van der Waals surface area contributed by atoms with Crippen molar-refractivity contribution in [1.29, 1.82) is 0 Å². The summed E-state index contributed by atoms with van der Waals surface area (Å²) in [7, 11) is 1.68. The van der Waals surface area contributed by atoms with Gasteiger partial charge in [-0.3, -0.25) is 4.79 Å². The highest BCUT2D eigenvalue weighted by molar-refractivity contribution is 6.08. The van der Waals surface area contributed by atoms with Gasteiger partial charge in [0.2, 0.25) is 5.88 Å². The number of aryl methyl sites for hydroxylation is 1. The van der Waals surface area contributed by atoms with Crippen LogP contribution in [-0.4, -0.2) is 53.7 Å². The number of hydrogen-bond donors (Lipinski definition) is 2. The second-order valence-corrected chi connectivity index (χ2v) is 12.1. The standard InChI is InChI=1S/C36H38F3N5O3/c1-42-24-28(41-34(45)32-7-3-2-6-31(32)26-10-12-27(13-11-26)36(37,38)39)22-33(42)47-35(46)40-23-25-8-14-29(15-9-25)44-20-16-30(17-21-44)43-18-4-5-19-43/h2-3,6-15,22,24,30H,4-5,16-21,23H2,1H3,(H,40,46)(H,41,45). The molecule has 4 aromatic rings. The van der Waals surface area contributed by atoms with Gasteiger partial charge in [0.05, 0.1) is 11.3 Å². The Balaban J connectivity index is 1.00. The zero-order valence-electron chi connectivity index (χ0n) is 26.2. The Labute approximate surface area is 272 Å². The van der Waals surface area contributed by atoms with Crippen LogP contribution in [0, 0.1) is 0 Å². The van der Waals surface area contributed by atoms with Gasteiger partial charge >= 0.3 is 12.3 Å². The molecule has 11 heteroatoms. The van der Waals surface area contributed by atoms with E-state index in [0.29, 0.717) is 29.4 Å². The molecule has 246 valence electrons. The lowest BCUT2D eigenvalue weighted by molar-refractivity contribution is -0.137. The van der Waals surface area contributed by atoms with Gasteiger partial charge in [-0.05, 0) is 85.8 Å². The fraction of sp³-hybridized carbons (Fsp3) is 0.333. The van der Waals surface area contributed by atoms with Crippen LogP contribution in [0.2, 0.25) is 0 Å². The van der Waals surface area contributed by atoms with Crippen molar-refractivity contribution in [1.82, 2.24) is 14.8 Å². The van der Waals surface area contributed by atoms with Crippen molar-refractivity contribution < 1.29 is 27.5 Å². The highest BCUT2D eigenvalue weighted by atomic mass is 19.4. The number of ether oxygens (including phenoxy) is 1. The lowest BCUT2D eigenvalue weighted by atomic mass is 9.98. The number of piperidine rings is 1. The van der Waals surface area contributed by atoms with E-state index in [0.717, 1.165) is 30.8 Å². The van der Waals surface area contributed by atoms with Crippen LogP contribution in [-0.2, 0) is 19.8 Å². The first kappa shape index (κ1) is 32.2. The summed E-state index contributed by atoms with van der Waals surface area (Å²) in [5.74, 6) is -0.233. The lowest BCUT2D eigenvalue weighted by Crippen LogP contribution is -2.43. The number of rotatable bonds is 8. The minimum Gasteiger partial charge on any atom is -0.393 e. The van der Waals surface area contributed by atoms with Crippen LogP contribution >= 0.6 is 0 Å². The van der Waals surface area contributed by atoms with Crippen molar-refractivity contribution >= 4 is 23.4 Å². The first-order valence-electron chi connectivity index (χ1n) is 15.9. The maximum absolute atomic E-state index is 13.2. The van der Waals surface area contributed by atoms with Crippen molar-refractivity contribution in [2.75, 3.05) is 36.4 Å². The Morgan fingerprint density at radius 2 is 1.57 bits per heavy atom. The average Bonchev–Trinajstić information content (AvgIpc) is 3.74. The molecule has 0 aliphatic carbocycles. The number of anilines is 2. The van der Waals surface area contributed by atoms with Gasteiger partial charge in [-0.25, -0.2) is 4.79 Å². The van der Waals surface area contributed by atoms with Gasteiger partial charge in [-0.1, -0.05) is 42.5 Å². The van der Waals surface area contributed by atoms with Crippen molar-refractivity contribution in [2.24, 2.45) is 7.05 Å². The molecule has 0 bridgehead atoms. The molecule has 2 amide bonds. The molecule has 47 heavy (non-hydrogen) atoms. The van der Waals surface area contributed by atoms with Gasteiger partial charge < -0.3 is 29.7 Å². The summed E-state index contributed by atoms with van der Waals surface area (Å²) in [5, 5.41) is 5.56. The molecule has 0 radical (unpaired) electrons. The monoisotopic (exact) mass is 645 g/mol. The van der Waals surface area contributed by atoms with Crippen LogP contribution in [0.5, 0.6) is 5.88 Å². The third kappa shape index (κ3) is 7.79. The maximum atomic E-state index is 13.2. The van der Waals surface area contributed by atoms with Gasteiger partial charge in [0.1, 0.15) is 0 Å². The summed E-state index contributed by atoms with van der Waals surface area (Å²) in [6.45, 7) is 4.88. The molecule has 2 fully saturated rings. The van der Waals surface area contributed by atoms with E-state index in [-0.39, 0.29) is 11.4 Å². The van der Waals surface area contributed by atoms with E-state index >= 15 is 0 Å². The zero-order chi connectivity index (χ0) is 33.0. The molecule has 0 saturated carbocycles. The largest absolute Gasteiger partial charge is 0.416 e. The number of halogens is 3. The number of aromatic nitrogens is 1. The molecule has 2 aliphatic heterocycles. The first-order valence-corrected chi connectivity index (χ1v) is 15.9. The minimum atomic E-state index is -4.45. The molecule has 8 nitrogen and oxygen atoms in total. The second-order valence-electron chi connectivity index (χ2n) is 12.1. The third-order valence-electron chi connectivity index (χ3n) is 8.97. The van der Waals surface area contributed by atoms with E-state index in [9.17, 15) is 22.8 Å². The molecule has 0 unspecified atom stereocenters. The molecule has 3 heterocycles. The van der Waals surface area contributed by atoms with Gasteiger partial charge in [-0.2, -0.15) is 13.2 Å². The summed E-state index contributed by atoms with van der Waals surface area (Å²) in [4.78, 5) is 30.9. The SMILES string of the molecule is Cn1cc(NC(=O)c2ccccc2-c2ccc(C(F)(F)F)cc2)cc1OC(=O)NCc1ccc(N2CCC(N3CCCC3)CC2)cc1. The number of nitrogens with zero attached hydrogens (tertiary/aromatic N) is 3. The fourth-order valence-electron chi connectivity index (χ4n) is 6.41. The van der Waals surface area contributed by atoms with Crippen LogP contribution in [0.1, 0.15) is 47.2 Å². The van der Waals surface area contributed by atoms with Crippen molar-refractivity contribution in [3.05, 3.63) is 102 Å². The topological polar surface area (TPSA) is 78.8 Å². The Morgan fingerprint density at radius 3 is 2.26 bits per heavy atom. The Kier molecular flexibility index (Phi) is 9.53. The first-order chi connectivity index (χ1) is 22.6. The van der Waals surface area contributed by atoms with Crippen LogP contribution in [0.25, 0.3) is 11.1 Å². The summed E-state index contributed by atoms with van der Waals surface area (Å²) in [5.41, 5.74) is 3.02. The smallest absolute Gasteiger partial charge is 0.393 e. The van der Waals surface area contributed by atoms with Gasteiger partial charge in [-0.15, -0.1) is 0 Å². The summed E-state index contributed by atoms with van der Waals surface area (Å²) < 4.78 is 46.1. The van der Waals surface area contributed by atoms with E-state index in [1.165, 1.54) is 62.7 Å². The van der Waals surface area contributed by atoms with Crippen molar-refractivity contribution in [3.8, 4) is 17.0 Å². The molecular weight excluding hydrogens is 607 g/mol. The van der Waals surface area contributed by atoms with Crippen LogP contribution in [0.4, 0.5) is 29.3 Å². The third-order valence-corrected chi connectivity index (χ3v) is 8.97. The summed E-state index contributed by atoms with van der Waals surface area (Å²) >= 11 is 0. The quantitative estimate of drug-likeness (QED) is 0.210. The van der Waals surface area contributed by atoms with Gasteiger partial charge in [0, 0.05) is 56.2 Å². The number of carbonyl (C=O) groups excluding carboxylic acids is 2. The molecule has 0 atom stereocenters. The maximum Gasteiger partial charge on any atom is 0.416 e. The van der Waals surface area contributed by atoms with Crippen molar-refractivity contribution in [3.63, 3.8) is 0 Å². The predicted octanol–water partition coefficient (Wildman–Crippen LogP) is 7.32. The Morgan fingerprint density at radius 1 is 0.894 bits per heavy atom. The molecule has 2 saturated heterocycles. The second kappa shape index (κ2) is 13.9. The number of alkyl halides is 3. The minimum absolute atomic E-state index is 0.224. The van der Waals surface area contributed by atoms with E-state index in [4.69, 9.17) is 4.74 Å². The molecule has 1 aromatic heterocycles. The zero-order valence-corrected chi connectivity index (χ0v) is 26.2. The fourth-order valence-corrected chi connectivity index (χ4v) is 6.41. The molecule has 3 aromatic carbocycles. The number of nitrogens with one attached hydrogen (secondary N) is 2. The number of benzene rings is 3. The number of carbonyl (C=O) groups is 2. The average molecular weight is 646 g/mol. The highest BCUT2D eigenvalue weighted by Crippen LogP contribution is 2.32.